The Morgan fingerprint density at radius 2 is 1.58 bits per heavy atom. The molecule has 1 aliphatic rings. The van der Waals surface area contributed by atoms with Gasteiger partial charge in [0.25, 0.3) is 0 Å². The first-order chi connectivity index (χ1) is 15.6. The van der Waals surface area contributed by atoms with Crippen LogP contribution >= 0.6 is 11.6 Å². The fourth-order valence-electron chi connectivity index (χ4n) is 4.17. The minimum absolute atomic E-state index is 0.113. The van der Waals surface area contributed by atoms with Crippen molar-refractivity contribution in [3.63, 3.8) is 0 Å². The van der Waals surface area contributed by atoms with Crippen LogP contribution < -0.4 is 0 Å². The summed E-state index contributed by atoms with van der Waals surface area (Å²) >= 11 is 5.94. The number of sulfone groups is 1. The van der Waals surface area contributed by atoms with Crippen molar-refractivity contribution in [3.05, 3.63) is 88.9 Å². The van der Waals surface area contributed by atoms with Gasteiger partial charge in [0.1, 0.15) is 0 Å². The lowest BCUT2D eigenvalue weighted by Crippen LogP contribution is -2.23. The largest absolute Gasteiger partial charge is 0.416 e. The molecule has 0 N–H and O–H groups in total. The number of hydrogen-bond acceptors (Lipinski definition) is 3. The first kappa shape index (κ1) is 23.8. The molecule has 0 amide bonds. The van der Waals surface area contributed by atoms with Gasteiger partial charge in [0.05, 0.1) is 16.2 Å². The second kappa shape index (κ2) is 9.49. The fraction of sp³-hybridized carbons (Fsp3) is 0.280. The monoisotopic (exact) mass is 493 g/mol. The van der Waals surface area contributed by atoms with Crippen molar-refractivity contribution in [2.24, 2.45) is 5.92 Å². The molecule has 1 fully saturated rings. The molecule has 1 atom stereocenters. The number of hydrogen-bond donors (Lipinski definition) is 0. The van der Waals surface area contributed by atoms with E-state index >= 15 is 0 Å². The van der Waals surface area contributed by atoms with E-state index in [9.17, 15) is 21.6 Å². The number of rotatable bonds is 6. The Morgan fingerprint density at radius 1 is 0.939 bits per heavy atom. The van der Waals surface area contributed by atoms with Crippen molar-refractivity contribution in [2.75, 3.05) is 18.8 Å². The lowest BCUT2D eigenvalue weighted by Gasteiger charge is -2.17. The Balaban J connectivity index is 1.36. The summed E-state index contributed by atoms with van der Waals surface area (Å²) in [5.41, 5.74) is 2.33. The van der Waals surface area contributed by atoms with E-state index in [0.29, 0.717) is 24.5 Å². The molecule has 8 heteroatoms. The molecule has 0 radical (unpaired) electrons. The summed E-state index contributed by atoms with van der Waals surface area (Å²) < 4.78 is 64.3. The van der Waals surface area contributed by atoms with Crippen LogP contribution in [0.5, 0.6) is 0 Å². The fourth-order valence-corrected chi connectivity index (χ4v) is 5.97. The molecule has 1 aliphatic heterocycles. The highest BCUT2D eigenvalue weighted by Gasteiger charge is 2.33. The van der Waals surface area contributed by atoms with Crippen LogP contribution in [0.25, 0.3) is 11.1 Å². The first-order valence-electron chi connectivity index (χ1n) is 10.6. The van der Waals surface area contributed by atoms with Gasteiger partial charge in [-0.05, 0) is 65.9 Å². The van der Waals surface area contributed by atoms with Gasteiger partial charge in [-0.25, -0.2) is 8.42 Å². The lowest BCUT2D eigenvalue weighted by molar-refractivity contribution is -0.137. The molecule has 1 heterocycles. The van der Waals surface area contributed by atoms with Gasteiger partial charge in [0.2, 0.25) is 0 Å². The van der Waals surface area contributed by atoms with Crippen molar-refractivity contribution in [1.29, 1.82) is 0 Å². The first-order valence-corrected chi connectivity index (χ1v) is 12.6. The third-order valence-electron chi connectivity index (χ3n) is 5.88. The molecular weight excluding hydrogens is 471 g/mol. The number of benzene rings is 3. The average Bonchev–Trinajstić information content (AvgIpc) is 3.20. The Morgan fingerprint density at radius 3 is 2.21 bits per heavy atom. The molecule has 0 spiro atoms. The molecule has 1 saturated heterocycles. The van der Waals surface area contributed by atoms with Gasteiger partial charge in [0, 0.05) is 18.1 Å². The highest BCUT2D eigenvalue weighted by atomic mass is 35.5. The maximum absolute atomic E-state index is 12.9. The second-order valence-corrected chi connectivity index (χ2v) is 10.9. The summed E-state index contributed by atoms with van der Waals surface area (Å²) in [4.78, 5) is 1.91. The molecule has 0 aliphatic carbocycles. The SMILES string of the molecule is O=S(=O)(C[C@@H]1CCN(Cc2ccc(-c3ccc(Cl)cc3)cc2)C1)c1cccc(C(F)(F)F)c1. The molecule has 3 aromatic rings. The van der Waals surface area contributed by atoms with E-state index < -0.39 is 21.6 Å². The van der Waals surface area contributed by atoms with Gasteiger partial charge < -0.3 is 0 Å². The van der Waals surface area contributed by atoms with E-state index in [1.54, 1.807) is 0 Å². The van der Waals surface area contributed by atoms with E-state index in [0.717, 1.165) is 41.4 Å². The lowest BCUT2D eigenvalue weighted by atomic mass is 10.0. The summed E-state index contributed by atoms with van der Waals surface area (Å²) in [5.74, 6) is -0.266. The standard InChI is InChI=1S/C25H23ClF3NO2S/c26-23-10-8-21(9-11-23)20-6-4-18(5-7-20)15-30-13-12-19(16-30)17-33(31,32)24-3-1-2-22(14-24)25(27,28)29/h1-11,14,19H,12-13,15-17H2/t19-/m1/s1. The van der Waals surface area contributed by atoms with Crippen LogP contribution in [0.3, 0.4) is 0 Å². The minimum atomic E-state index is -4.57. The minimum Gasteiger partial charge on any atom is -0.299 e. The van der Waals surface area contributed by atoms with E-state index in [1.807, 2.05) is 36.4 Å². The molecule has 0 saturated carbocycles. The topological polar surface area (TPSA) is 37.4 Å². The van der Waals surface area contributed by atoms with Crippen LogP contribution in [0.4, 0.5) is 13.2 Å². The van der Waals surface area contributed by atoms with Gasteiger partial charge in [0.15, 0.2) is 9.84 Å². The van der Waals surface area contributed by atoms with E-state index in [2.05, 4.69) is 17.0 Å². The number of halogens is 4. The zero-order valence-corrected chi connectivity index (χ0v) is 19.3. The summed E-state index contributed by atoms with van der Waals surface area (Å²) in [5, 5.41) is 0.689. The molecule has 0 bridgehead atoms. The Kier molecular flexibility index (Phi) is 6.84. The van der Waals surface area contributed by atoms with Crippen LogP contribution in [-0.2, 0) is 22.6 Å². The third-order valence-corrected chi connectivity index (χ3v) is 8.02. The van der Waals surface area contributed by atoms with Gasteiger partial charge in [-0.15, -0.1) is 0 Å². The smallest absolute Gasteiger partial charge is 0.299 e. The quantitative estimate of drug-likeness (QED) is 0.403. The Hall–Kier alpha value is -2.35. The molecule has 3 nitrogen and oxygen atoms in total. The van der Waals surface area contributed by atoms with E-state index in [1.165, 1.54) is 6.07 Å². The van der Waals surface area contributed by atoms with Gasteiger partial charge in [-0.2, -0.15) is 13.2 Å². The van der Waals surface area contributed by atoms with Crippen molar-refractivity contribution in [3.8, 4) is 11.1 Å². The van der Waals surface area contributed by atoms with E-state index in [4.69, 9.17) is 11.6 Å². The van der Waals surface area contributed by atoms with Gasteiger partial charge >= 0.3 is 6.18 Å². The number of likely N-dealkylation sites (tertiary alicyclic amines) is 1. The number of nitrogens with zero attached hydrogens (tertiary/aromatic N) is 1. The highest BCUT2D eigenvalue weighted by molar-refractivity contribution is 7.91. The third kappa shape index (κ3) is 5.96. The zero-order chi connectivity index (χ0) is 23.6. The normalized spacial score (nSPS) is 17.4. The number of alkyl halides is 3. The van der Waals surface area contributed by atoms with Crippen molar-refractivity contribution in [2.45, 2.75) is 24.0 Å². The van der Waals surface area contributed by atoms with Crippen LogP contribution in [-0.4, -0.2) is 32.2 Å². The predicted molar refractivity (Wildman–Crippen MR) is 124 cm³/mol. The molecule has 174 valence electrons. The molecular formula is C25H23ClF3NO2S. The molecule has 4 rings (SSSR count). The van der Waals surface area contributed by atoms with Crippen LogP contribution in [0, 0.1) is 5.92 Å². The zero-order valence-electron chi connectivity index (χ0n) is 17.7. The summed E-state index contributed by atoms with van der Waals surface area (Å²) in [6, 6.07) is 19.8. The molecule has 0 aromatic heterocycles. The van der Waals surface area contributed by atoms with Crippen LogP contribution in [0.2, 0.25) is 5.02 Å². The summed E-state index contributed by atoms with van der Waals surface area (Å²) in [6.07, 6.45) is -3.88. The van der Waals surface area contributed by atoms with Crippen molar-refractivity contribution < 1.29 is 21.6 Å². The summed E-state index contributed by atoms with van der Waals surface area (Å²) in [6.45, 7) is 2.04. The molecule has 0 unspecified atom stereocenters. The Bertz CT molecular complexity index is 1210. The van der Waals surface area contributed by atoms with E-state index in [-0.39, 0.29) is 16.6 Å². The van der Waals surface area contributed by atoms with Crippen molar-refractivity contribution in [1.82, 2.24) is 4.90 Å². The Labute approximate surface area is 196 Å². The maximum atomic E-state index is 12.9. The molecule has 33 heavy (non-hydrogen) atoms. The second-order valence-electron chi connectivity index (χ2n) is 8.40. The average molecular weight is 494 g/mol. The van der Waals surface area contributed by atoms with Crippen LogP contribution in [0.15, 0.2) is 77.7 Å². The maximum Gasteiger partial charge on any atom is 0.416 e. The highest BCUT2D eigenvalue weighted by Crippen LogP contribution is 2.31. The van der Waals surface area contributed by atoms with Crippen LogP contribution in [0.1, 0.15) is 17.5 Å². The predicted octanol–water partition coefficient (Wildman–Crippen LogP) is 6.32. The summed E-state index contributed by atoms with van der Waals surface area (Å²) in [7, 11) is -3.80. The van der Waals surface area contributed by atoms with Gasteiger partial charge in [-0.3, -0.25) is 4.90 Å². The van der Waals surface area contributed by atoms with Crippen molar-refractivity contribution >= 4 is 21.4 Å². The molecule has 3 aromatic carbocycles. The van der Waals surface area contributed by atoms with Gasteiger partial charge in [-0.1, -0.05) is 54.1 Å².